The van der Waals surface area contributed by atoms with Gasteiger partial charge in [0.15, 0.2) is 0 Å². The molecule has 0 bridgehead atoms. The Bertz CT molecular complexity index is 55.2. The maximum absolute atomic E-state index is 3.79. The van der Waals surface area contributed by atoms with Crippen LogP contribution in [-0.2, 0) is 0 Å². The Labute approximate surface area is 77.4 Å². The molecule has 0 spiro atoms. The third-order valence-electron chi connectivity index (χ3n) is 1.36. The minimum atomic E-state index is 0. The molecule has 0 saturated heterocycles. The van der Waals surface area contributed by atoms with Crippen molar-refractivity contribution in [3.05, 3.63) is 6.92 Å². The molecule has 0 aromatic carbocycles. The van der Waals surface area contributed by atoms with Crippen molar-refractivity contribution in [2.24, 2.45) is 0 Å². The summed E-state index contributed by atoms with van der Waals surface area (Å²) in [6.07, 6.45) is 5.03. The van der Waals surface area contributed by atoms with Gasteiger partial charge >= 0.3 is 18.9 Å². The summed E-state index contributed by atoms with van der Waals surface area (Å²) >= 11 is 0. The Balaban J connectivity index is 0. The second-order valence-corrected chi connectivity index (χ2v) is 2.72. The van der Waals surface area contributed by atoms with Crippen LogP contribution in [0.3, 0.4) is 0 Å². The molecule has 0 aliphatic rings. The van der Waals surface area contributed by atoms with E-state index in [0.717, 1.165) is 6.42 Å². The van der Waals surface area contributed by atoms with Crippen LogP contribution in [0.5, 0.6) is 0 Å². The van der Waals surface area contributed by atoms with Gasteiger partial charge in [-0.25, -0.2) is 0 Å². The Hall–Kier alpha value is 0.557. The van der Waals surface area contributed by atoms with E-state index < -0.39 is 0 Å². The van der Waals surface area contributed by atoms with Crippen LogP contribution in [0.4, 0.5) is 0 Å². The minimum absolute atomic E-state index is 0. The molecular weight excluding hydrogens is 117 g/mol. The van der Waals surface area contributed by atoms with E-state index >= 15 is 0 Å². The zero-order valence-electron chi connectivity index (χ0n) is 6.69. The van der Waals surface area contributed by atoms with Gasteiger partial charge in [0.25, 0.3) is 0 Å². The van der Waals surface area contributed by atoms with Crippen molar-refractivity contribution < 1.29 is 0 Å². The van der Waals surface area contributed by atoms with Gasteiger partial charge in [-0.15, -0.1) is 0 Å². The zero-order chi connectivity index (χ0) is 7.11. The first-order valence-corrected chi connectivity index (χ1v) is 3.71. The predicted octanol–water partition coefficient (Wildman–Crippen LogP) is 1.29. The molecule has 0 N–H and O–H groups in total. The second-order valence-electron chi connectivity index (χ2n) is 2.72. The van der Waals surface area contributed by atoms with Gasteiger partial charge < -0.3 is 4.90 Å². The monoisotopic (exact) mass is 136 g/mol. The van der Waals surface area contributed by atoms with Gasteiger partial charge in [0.05, 0.1) is 0 Å². The average molecular weight is 136 g/mol. The van der Waals surface area contributed by atoms with E-state index in [1.807, 2.05) is 0 Å². The SMILES string of the molecule is [CH2]CCCCCN(C)C.[LiH]. The summed E-state index contributed by atoms with van der Waals surface area (Å²) in [5.74, 6) is 0. The Morgan fingerprint density at radius 1 is 1.10 bits per heavy atom. The molecule has 0 saturated carbocycles. The summed E-state index contributed by atoms with van der Waals surface area (Å²) in [5.41, 5.74) is 0. The molecule has 0 unspecified atom stereocenters. The van der Waals surface area contributed by atoms with Gasteiger partial charge in [0.1, 0.15) is 0 Å². The van der Waals surface area contributed by atoms with E-state index in [-0.39, 0.29) is 18.9 Å². The number of nitrogens with zero attached hydrogens (tertiary/aromatic N) is 1. The second kappa shape index (κ2) is 9.56. The molecule has 1 nitrogen and oxygen atoms in total. The molecule has 0 rings (SSSR count). The van der Waals surface area contributed by atoms with Crippen molar-refractivity contribution in [1.29, 1.82) is 0 Å². The number of hydrogen-bond acceptors (Lipinski definition) is 1. The molecule has 2 heteroatoms. The average Bonchev–Trinajstić information content (AvgIpc) is 1.80. The first-order valence-electron chi connectivity index (χ1n) is 3.71. The third-order valence-corrected chi connectivity index (χ3v) is 1.36. The predicted molar refractivity (Wildman–Crippen MR) is 49.5 cm³/mol. The van der Waals surface area contributed by atoms with Crippen LogP contribution in [-0.4, -0.2) is 44.4 Å². The van der Waals surface area contributed by atoms with Gasteiger partial charge in [-0.1, -0.05) is 26.2 Å². The number of hydrogen-bond donors (Lipinski definition) is 0. The summed E-state index contributed by atoms with van der Waals surface area (Å²) in [6, 6.07) is 0. The van der Waals surface area contributed by atoms with E-state index in [0.29, 0.717) is 0 Å². The van der Waals surface area contributed by atoms with E-state index in [4.69, 9.17) is 0 Å². The van der Waals surface area contributed by atoms with Crippen molar-refractivity contribution in [3.8, 4) is 0 Å². The van der Waals surface area contributed by atoms with Gasteiger partial charge in [0.2, 0.25) is 0 Å². The van der Waals surface area contributed by atoms with Crippen LogP contribution in [0, 0.1) is 6.92 Å². The summed E-state index contributed by atoms with van der Waals surface area (Å²) in [6.45, 7) is 5.01. The first-order chi connectivity index (χ1) is 4.27. The van der Waals surface area contributed by atoms with Gasteiger partial charge in [-0.05, 0) is 27.1 Å². The molecule has 57 valence electrons. The van der Waals surface area contributed by atoms with Crippen molar-refractivity contribution in [3.63, 3.8) is 0 Å². The molecule has 0 aromatic heterocycles. The van der Waals surface area contributed by atoms with Crippen molar-refractivity contribution in [2.45, 2.75) is 25.7 Å². The van der Waals surface area contributed by atoms with Crippen LogP contribution in [0.25, 0.3) is 0 Å². The summed E-state index contributed by atoms with van der Waals surface area (Å²) < 4.78 is 0. The van der Waals surface area contributed by atoms with Crippen molar-refractivity contribution in [2.75, 3.05) is 20.6 Å². The molecule has 0 heterocycles. The molecule has 10 heavy (non-hydrogen) atoms. The molecule has 0 atom stereocenters. The number of rotatable bonds is 5. The first kappa shape index (κ1) is 13.2. The molecule has 0 amide bonds. The molecular formula is C8H19LiN. The number of unbranched alkanes of at least 4 members (excludes halogenated alkanes) is 3. The summed E-state index contributed by atoms with van der Waals surface area (Å²) in [4.78, 5) is 2.23. The molecule has 1 radical (unpaired) electrons. The molecule has 0 fully saturated rings. The Kier molecular flexibility index (Phi) is 12.6. The van der Waals surface area contributed by atoms with Gasteiger partial charge in [0, 0.05) is 0 Å². The van der Waals surface area contributed by atoms with Gasteiger partial charge in [-0.2, -0.15) is 0 Å². The Morgan fingerprint density at radius 2 is 1.70 bits per heavy atom. The van der Waals surface area contributed by atoms with Crippen molar-refractivity contribution >= 4 is 18.9 Å². The van der Waals surface area contributed by atoms with E-state index in [2.05, 4.69) is 25.9 Å². The van der Waals surface area contributed by atoms with Crippen LogP contribution < -0.4 is 0 Å². The van der Waals surface area contributed by atoms with Crippen LogP contribution in [0.1, 0.15) is 25.7 Å². The fraction of sp³-hybridized carbons (Fsp3) is 0.875. The van der Waals surface area contributed by atoms with Crippen molar-refractivity contribution in [1.82, 2.24) is 4.90 Å². The van der Waals surface area contributed by atoms with Crippen LogP contribution in [0.2, 0.25) is 0 Å². The fourth-order valence-electron chi connectivity index (χ4n) is 0.782. The summed E-state index contributed by atoms with van der Waals surface area (Å²) in [7, 11) is 4.23. The zero-order valence-corrected chi connectivity index (χ0v) is 6.69. The van der Waals surface area contributed by atoms with E-state index in [9.17, 15) is 0 Å². The van der Waals surface area contributed by atoms with Crippen LogP contribution >= 0.6 is 0 Å². The third kappa shape index (κ3) is 11.4. The van der Waals surface area contributed by atoms with Gasteiger partial charge in [-0.3, -0.25) is 0 Å². The normalized spacial score (nSPS) is 9.60. The Morgan fingerprint density at radius 3 is 2.10 bits per heavy atom. The fourth-order valence-corrected chi connectivity index (χ4v) is 0.782. The van der Waals surface area contributed by atoms with E-state index in [1.165, 1.54) is 25.8 Å². The summed E-state index contributed by atoms with van der Waals surface area (Å²) in [5, 5.41) is 0. The standard InChI is InChI=1S/C8H18N.Li.H/c1-4-5-6-7-8-9(2)3;;/h1,4-8H2,2-3H3;;. The topological polar surface area (TPSA) is 3.24 Å². The van der Waals surface area contributed by atoms with E-state index in [1.54, 1.807) is 0 Å². The molecule has 0 aromatic rings. The van der Waals surface area contributed by atoms with Crippen LogP contribution in [0.15, 0.2) is 0 Å². The quantitative estimate of drug-likeness (QED) is 0.406. The molecule has 0 aliphatic heterocycles. The molecule has 0 aliphatic carbocycles. The maximum atomic E-state index is 3.79.